The molecular formula is C19H23BrN2O3. The van der Waals surface area contributed by atoms with Crippen LogP contribution in [0.15, 0.2) is 40.9 Å². The second-order valence-corrected chi connectivity index (χ2v) is 6.84. The number of hydrogen-bond donors (Lipinski definition) is 1. The normalized spacial score (nSPS) is 15.2. The van der Waals surface area contributed by atoms with Gasteiger partial charge in [0.15, 0.2) is 6.61 Å². The molecule has 0 spiro atoms. The van der Waals surface area contributed by atoms with Gasteiger partial charge in [0.1, 0.15) is 5.75 Å². The van der Waals surface area contributed by atoms with Crippen molar-refractivity contribution in [2.45, 2.75) is 6.42 Å². The lowest BCUT2D eigenvalue weighted by molar-refractivity contribution is -0.123. The van der Waals surface area contributed by atoms with Crippen molar-refractivity contribution in [3.63, 3.8) is 0 Å². The highest BCUT2D eigenvalue weighted by Gasteiger charge is 2.10. The van der Waals surface area contributed by atoms with Gasteiger partial charge in [-0.15, -0.1) is 0 Å². The fourth-order valence-electron chi connectivity index (χ4n) is 2.87. The Balaban J connectivity index is 1.41. The van der Waals surface area contributed by atoms with E-state index < -0.39 is 0 Å². The Hall–Kier alpha value is -1.63. The number of rotatable bonds is 7. The quantitative estimate of drug-likeness (QED) is 0.718. The molecule has 0 radical (unpaired) electrons. The molecule has 1 aliphatic heterocycles. The van der Waals surface area contributed by atoms with E-state index in [1.807, 2.05) is 36.4 Å². The lowest BCUT2D eigenvalue weighted by Gasteiger charge is -2.26. The second-order valence-electron chi connectivity index (χ2n) is 6.05. The number of nitrogens with one attached hydrogen (secondary N) is 1. The molecular weight excluding hydrogens is 384 g/mol. The molecule has 1 saturated heterocycles. The number of fused-ring (bicyclic) bond motifs is 1. The monoisotopic (exact) mass is 406 g/mol. The maximum Gasteiger partial charge on any atom is 0.257 e. The molecule has 0 aromatic heterocycles. The van der Waals surface area contributed by atoms with E-state index in [-0.39, 0.29) is 12.5 Å². The first-order valence-electron chi connectivity index (χ1n) is 8.61. The molecule has 6 heteroatoms. The summed E-state index contributed by atoms with van der Waals surface area (Å²) in [6, 6.07) is 11.9. The summed E-state index contributed by atoms with van der Waals surface area (Å²) in [7, 11) is 0. The first-order chi connectivity index (χ1) is 12.2. The average Bonchev–Trinajstić information content (AvgIpc) is 2.66. The zero-order valence-electron chi connectivity index (χ0n) is 14.2. The maximum absolute atomic E-state index is 12.0. The van der Waals surface area contributed by atoms with Gasteiger partial charge in [0.25, 0.3) is 5.91 Å². The van der Waals surface area contributed by atoms with Crippen molar-refractivity contribution in [1.29, 1.82) is 0 Å². The van der Waals surface area contributed by atoms with Gasteiger partial charge in [-0.3, -0.25) is 9.69 Å². The Bertz CT molecular complexity index is 717. The van der Waals surface area contributed by atoms with Crippen molar-refractivity contribution in [3.8, 4) is 5.75 Å². The fourth-order valence-corrected chi connectivity index (χ4v) is 3.48. The van der Waals surface area contributed by atoms with Gasteiger partial charge in [-0.2, -0.15) is 0 Å². The smallest absolute Gasteiger partial charge is 0.257 e. The molecule has 1 fully saturated rings. The van der Waals surface area contributed by atoms with E-state index >= 15 is 0 Å². The molecule has 0 aliphatic carbocycles. The zero-order chi connectivity index (χ0) is 17.5. The third-order valence-corrected chi connectivity index (χ3v) is 5.08. The molecule has 2 aromatic rings. The highest BCUT2D eigenvalue weighted by molar-refractivity contribution is 9.10. The summed E-state index contributed by atoms with van der Waals surface area (Å²) in [6.07, 6.45) is 0.936. The molecule has 1 N–H and O–H groups in total. The Morgan fingerprint density at radius 1 is 1.20 bits per heavy atom. The van der Waals surface area contributed by atoms with Crippen LogP contribution >= 0.6 is 15.9 Å². The number of nitrogens with zero attached hydrogens (tertiary/aromatic N) is 1. The predicted octanol–water partition coefficient (Wildman–Crippen LogP) is 2.82. The van der Waals surface area contributed by atoms with Crippen molar-refractivity contribution in [3.05, 3.63) is 40.9 Å². The average molecular weight is 407 g/mol. The minimum absolute atomic E-state index is 0.0223. The van der Waals surface area contributed by atoms with Crippen molar-refractivity contribution < 1.29 is 14.3 Å². The van der Waals surface area contributed by atoms with Gasteiger partial charge in [-0.25, -0.2) is 0 Å². The van der Waals surface area contributed by atoms with Crippen molar-refractivity contribution in [2.24, 2.45) is 0 Å². The molecule has 5 nitrogen and oxygen atoms in total. The Morgan fingerprint density at radius 2 is 2.00 bits per heavy atom. The largest absolute Gasteiger partial charge is 0.483 e. The number of ether oxygens (including phenoxy) is 2. The standard InChI is InChI=1S/C19H23BrN2O3/c20-19-16-5-2-1-4-15(16)6-7-17(19)25-14-18(23)21-8-3-9-22-10-12-24-13-11-22/h1-2,4-7H,3,8-14H2,(H,21,23). The van der Waals surface area contributed by atoms with Crippen LogP contribution in [0.2, 0.25) is 0 Å². The molecule has 0 unspecified atom stereocenters. The molecule has 0 bridgehead atoms. The van der Waals surface area contributed by atoms with Crippen LogP contribution in [-0.2, 0) is 9.53 Å². The summed E-state index contributed by atoms with van der Waals surface area (Å²) < 4.78 is 11.9. The van der Waals surface area contributed by atoms with Gasteiger partial charge in [0.2, 0.25) is 0 Å². The number of amides is 1. The number of hydrogen-bond acceptors (Lipinski definition) is 4. The van der Waals surface area contributed by atoms with Crippen molar-refractivity contribution >= 4 is 32.6 Å². The Kier molecular flexibility index (Phi) is 6.67. The van der Waals surface area contributed by atoms with Crippen LogP contribution in [0.3, 0.4) is 0 Å². The minimum Gasteiger partial charge on any atom is -0.483 e. The van der Waals surface area contributed by atoms with Crippen LogP contribution in [0, 0.1) is 0 Å². The van der Waals surface area contributed by atoms with E-state index in [2.05, 4.69) is 26.1 Å². The molecule has 134 valence electrons. The fraction of sp³-hybridized carbons (Fsp3) is 0.421. The number of benzene rings is 2. The number of carbonyl (C=O) groups is 1. The van der Waals surface area contributed by atoms with E-state index in [0.717, 1.165) is 54.5 Å². The van der Waals surface area contributed by atoms with Gasteiger partial charge in [0, 0.05) is 19.6 Å². The molecule has 1 aliphatic rings. The van der Waals surface area contributed by atoms with Gasteiger partial charge < -0.3 is 14.8 Å². The van der Waals surface area contributed by atoms with E-state index in [0.29, 0.717) is 12.3 Å². The third kappa shape index (κ3) is 5.17. The predicted molar refractivity (Wildman–Crippen MR) is 102 cm³/mol. The molecule has 0 atom stereocenters. The first kappa shape index (κ1) is 18.2. The zero-order valence-corrected chi connectivity index (χ0v) is 15.8. The van der Waals surface area contributed by atoms with E-state index in [1.165, 1.54) is 0 Å². The molecule has 2 aromatic carbocycles. The molecule has 1 heterocycles. The lowest BCUT2D eigenvalue weighted by atomic mass is 10.1. The van der Waals surface area contributed by atoms with Crippen LogP contribution < -0.4 is 10.1 Å². The molecule has 1 amide bonds. The second kappa shape index (κ2) is 9.17. The number of carbonyl (C=O) groups excluding carboxylic acids is 1. The Morgan fingerprint density at radius 3 is 2.84 bits per heavy atom. The van der Waals surface area contributed by atoms with E-state index in [1.54, 1.807) is 0 Å². The minimum atomic E-state index is -0.0953. The van der Waals surface area contributed by atoms with Crippen LogP contribution in [0.5, 0.6) is 5.75 Å². The highest BCUT2D eigenvalue weighted by atomic mass is 79.9. The first-order valence-corrected chi connectivity index (χ1v) is 9.40. The lowest BCUT2D eigenvalue weighted by Crippen LogP contribution is -2.38. The molecule has 0 saturated carbocycles. The summed E-state index contributed by atoms with van der Waals surface area (Å²) in [5, 5.41) is 5.12. The topological polar surface area (TPSA) is 50.8 Å². The molecule has 3 rings (SSSR count). The van der Waals surface area contributed by atoms with Crippen molar-refractivity contribution in [2.75, 3.05) is 46.0 Å². The summed E-state index contributed by atoms with van der Waals surface area (Å²) in [6.45, 7) is 5.25. The van der Waals surface area contributed by atoms with E-state index in [4.69, 9.17) is 9.47 Å². The number of halogens is 1. The van der Waals surface area contributed by atoms with Gasteiger partial charge >= 0.3 is 0 Å². The number of morpholine rings is 1. The van der Waals surface area contributed by atoms with Crippen LogP contribution in [0.1, 0.15) is 6.42 Å². The van der Waals surface area contributed by atoms with Crippen LogP contribution in [-0.4, -0.2) is 56.8 Å². The highest BCUT2D eigenvalue weighted by Crippen LogP contribution is 2.32. The van der Waals surface area contributed by atoms with Crippen LogP contribution in [0.25, 0.3) is 10.8 Å². The Labute approximate surface area is 156 Å². The van der Waals surface area contributed by atoms with Gasteiger partial charge in [0.05, 0.1) is 17.7 Å². The van der Waals surface area contributed by atoms with E-state index in [9.17, 15) is 4.79 Å². The van der Waals surface area contributed by atoms with Crippen molar-refractivity contribution in [1.82, 2.24) is 10.2 Å². The van der Waals surface area contributed by atoms with Gasteiger partial charge in [-0.05, 0) is 45.7 Å². The maximum atomic E-state index is 12.0. The van der Waals surface area contributed by atoms with Crippen LogP contribution in [0.4, 0.5) is 0 Å². The molecule has 25 heavy (non-hydrogen) atoms. The third-order valence-electron chi connectivity index (χ3n) is 4.26. The summed E-state index contributed by atoms with van der Waals surface area (Å²) in [4.78, 5) is 14.3. The summed E-state index contributed by atoms with van der Waals surface area (Å²) in [5.74, 6) is 0.587. The van der Waals surface area contributed by atoms with Gasteiger partial charge in [-0.1, -0.05) is 30.3 Å². The summed E-state index contributed by atoms with van der Waals surface area (Å²) >= 11 is 3.57. The SMILES string of the molecule is O=C(COc1ccc2ccccc2c1Br)NCCCN1CCOCC1. The summed E-state index contributed by atoms with van der Waals surface area (Å²) in [5.41, 5.74) is 0.